The van der Waals surface area contributed by atoms with Crippen LogP contribution >= 0.6 is 0 Å². The van der Waals surface area contributed by atoms with Gasteiger partial charge in [-0.3, -0.25) is 4.79 Å². The molecule has 0 radical (unpaired) electrons. The van der Waals surface area contributed by atoms with E-state index in [4.69, 9.17) is 4.74 Å². The van der Waals surface area contributed by atoms with Gasteiger partial charge in [0.05, 0.1) is 43.3 Å². The Kier molecular flexibility index (Phi) is 7.97. The number of methoxy groups -OCH3 is 1. The summed E-state index contributed by atoms with van der Waals surface area (Å²) in [4.78, 5) is 42.2. The molecule has 0 saturated carbocycles. The molecule has 9 heteroatoms. The van der Waals surface area contributed by atoms with Crippen LogP contribution in [0.2, 0.25) is 0 Å². The summed E-state index contributed by atoms with van der Waals surface area (Å²) >= 11 is 0. The Morgan fingerprint density at radius 3 is 2.23 bits per heavy atom. The molecule has 1 aliphatic rings. The van der Waals surface area contributed by atoms with Crippen molar-refractivity contribution in [3.63, 3.8) is 0 Å². The van der Waals surface area contributed by atoms with Crippen LogP contribution in [-0.4, -0.2) is 56.5 Å². The molecule has 4 aromatic rings. The molecular formula is C31H32N6O3. The van der Waals surface area contributed by atoms with E-state index in [1.54, 1.807) is 18.7 Å². The number of likely N-dealkylation sites (tertiary alicyclic amines) is 1. The number of carbonyl (C=O) groups excluding carboxylic acids is 2. The molecule has 3 heterocycles. The van der Waals surface area contributed by atoms with Crippen LogP contribution in [0.15, 0.2) is 67.3 Å². The number of nitrogens with zero attached hydrogens (tertiary/aromatic N) is 3. The monoisotopic (exact) mass is 536 g/mol. The van der Waals surface area contributed by atoms with E-state index in [9.17, 15) is 9.59 Å². The molecule has 2 unspecified atom stereocenters. The average molecular weight is 537 g/mol. The molecule has 2 aromatic carbocycles. The largest absolute Gasteiger partial charge is 0.453 e. The highest BCUT2D eigenvalue weighted by Crippen LogP contribution is 2.32. The van der Waals surface area contributed by atoms with Gasteiger partial charge >= 0.3 is 6.09 Å². The minimum absolute atomic E-state index is 0.0806. The number of hydrogen-bond acceptors (Lipinski definition) is 5. The van der Waals surface area contributed by atoms with Crippen molar-refractivity contribution in [2.75, 3.05) is 13.7 Å². The summed E-state index contributed by atoms with van der Waals surface area (Å²) in [6.45, 7) is 4.42. The fourth-order valence-electron chi connectivity index (χ4n) is 4.87. The predicted molar refractivity (Wildman–Crippen MR) is 152 cm³/mol. The van der Waals surface area contributed by atoms with E-state index in [2.05, 4.69) is 37.1 Å². The SMILES string of the molecule is COC(=O)NC(C(=O)N1CCCC1c1ncc(-c2ccc(C#Cc3ccc(-c4cnc[nH]4)cc3)cc2)[nH]1)C(C)C. The Morgan fingerprint density at radius 1 is 1.00 bits per heavy atom. The quantitative estimate of drug-likeness (QED) is 0.303. The first-order chi connectivity index (χ1) is 19.4. The fraction of sp³-hybridized carbons (Fsp3) is 0.290. The van der Waals surface area contributed by atoms with E-state index < -0.39 is 12.1 Å². The molecule has 1 saturated heterocycles. The number of ether oxygens (including phenoxy) is 1. The number of alkyl carbamates (subject to hydrolysis) is 1. The summed E-state index contributed by atoms with van der Waals surface area (Å²) in [6.07, 6.45) is 6.32. The third kappa shape index (κ3) is 5.91. The van der Waals surface area contributed by atoms with Crippen LogP contribution in [0.4, 0.5) is 4.79 Å². The topological polar surface area (TPSA) is 116 Å². The fourth-order valence-corrected chi connectivity index (χ4v) is 4.87. The minimum atomic E-state index is -0.662. The third-order valence-electron chi connectivity index (χ3n) is 7.08. The van der Waals surface area contributed by atoms with Crippen LogP contribution < -0.4 is 5.32 Å². The number of aromatic nitrogens is 4. The zero-order valence-electron chi connectivity index (χ0n) is 22.8. The Hall–Kier alpha value is -4.84. The van der Waals surface area contributed by atoms with E-state index in [0.717, 1.165) is 52.3 Å². The summed E-state index contributed by atoms with van der Waals surface area (Å²) in [5.74, 6) is 6.97. The van der Waals surface area contributed by atoms with Crippen molar-refractivity contribution < 1.29 is 14.3 Å². The van der Waals surface area contributed by atoms with Crippen LogP contribution in [0.25, 0.3) is 22.5 Å². The lowest BCUT2D eigenvalue weighted by Gasteiger charge is -2.30. The first kappa shape index (κ1) is 26.8. The number of carbonyl (C=O) groups is 2. The van der Waals surface area contributed by atoms with Crippen molar-refractivity contribution in [3.05, 3.63) is 84.2 Å². The highest BCUT2D eigenvalue weighted by atomic mass is 16.5. The van der Waals surface area contributed by atoms with Crippen molar-refractivity contribution in [1.29, 1.82) is 0 Å². The Bertz CT molecular complexity index is 1510. The Balaban J connectivity index is 1.26. The molecule has 1 aliphatic heterocycles. The number of hydrogen-bond donors (Lipinski definition) is 3. The summed E-state index contributed by atoms with van der Waals surface area (Å²) in [5, 5.41) is 2.68. The second-order valence-corrected chi connectivity index (χ2v) is 10.1. The minimum Gasteiger partial charge on any atom is -0.453 e. The van der Waals surface area contributed by atoms with Gasteiger partial charge in [-0.2, -0.15) is 0 Å². The van der Waals surface area contributed by atoms with Gasteiger partial charge in [0.25, 0.3) is 0 Å². The lowest BCUT2D eigenvalue weighted by Crippen LogP contribution is -2.51. The lowest BCUT2D eigenvalue weighted by atomic mass is 10.0. The third-order valence-corrected chi connectivity index (χ3v) is 7.08. The van der Waals surface area contributed by atoms with Crippen LogP contribution in [0.1, 0.15) is 49.7 Å². The molecule has 204 valence electrons. The van der Waals surface area contributed by atoms with E-state index in [1.807, 2.05) is 67.3 Å². The maximum absolute atomic E-state index is 13.4. The smallest absolute Gasteiger partial charge is 0.407 e. The van der Waals surface area contributed by atoms with Crippen molar-refractivity contribution >= 4 is 12.0 Å². The van der Waals surface area contributed by atoms with Gasteiger partial charge in [0.2, 0.25) is 5.91 Å². The highest BCUT2D eigenvalue weighted by Gasteiger charge is 2.37. The number of amides is 2. The summed E-state index contributed by atoms with van der Waals surface area (Å²) in [7, 11) is 1.29. The first-order valence-electron chi connectivity index (χ1n) is 13.3. The summed E-state index contributed by atoms with van der Waals surface area (Å²) in [6, 6.07) is 15.2. The molecule has 40 heavy (non-hydrogen) atoms. The molecule has 2 atom stereocenters. The molecule has 9 nitrogen and oxygen atoms in total. The van der Waals surface area contributed by atoms with Crippen LogP contribution in [-0.2, 0) is 9.53 Å². The molecule has 0 bridgehead atoms. The number of benzene rings is 2. The van der Waals surface area contributed by atoms with E-state index in [0.29, 0.717) is 6.54 Å². The Labute approximate surface area is 233 Å². The number of imidazole rings is 2. The van der Waals surface area contributed by atoms with Gasteiger partial charge in [-0.05, 0) is 54.2 Å². The first-order valence-corrected chi connectivity index (χ1v) is 13.3. The van der Waals surface area contributed by atoms with E-state index in [-0.39, 0.29) is 17.9 Å². The van der Waals surface area contributed by atoms with Gasteiger partial charge in [-0.25, -0.2) is 14.8 Å². The van der Waals surface area contributed by atoms with Gasteiger partial charge in [0, 0.05) is 17.7 Å². The second-order valence-electron chi connectivity index (χ2n) is 10.1. The predicted octanol–water partition coefficient (Wildman–Crippen LogP) is 4.91. The zero-order chi connectivity index (χ0) is 28.1. The van der Waals surface area contributed by atoms with Crippen molar-refractivity contribution in [3.8, 4) is 34.4 Å². The van der Waals surface area contributed by atoms with Crippen LogP contribution in [0.5, 0.6) is 0 Å². The number of rotatable bonds is 6. The zero-order valence-corrected chi connectivity index (χ0v) is 22.8. The maximum Gasteiger partial charge on any atom is 0.407 e. The summed E-state index contributed by atoms with van der Waals surface area (Å²) in [5.41, 5.74) is 5.73. The van der Waals surface area contributed by atoms with Crippen molar-refractivity contribution in [2.45, 2.75) is 38.8 Å². The molecule has 5 rings (SSSR count). The molecule has 1 fully saturated rings. The van der Waals surface area contributed by atoms with Gasteiger partial charge in [0.1, 0.15) is 11.9 Å². The van der Waals surface area contributed by atoms with Crippen molar-refractivity contribution in [2.24, 2.45) is 5.92 Å². The van der Waals surface area contributed by atoms with Gasteiger partial charge in [0.15, 0.2) is 0 Å². The normalized spacial score (nSPS) is 15.4. The maximum atomic E-state index is 13.4. The Morgan fingerprint density at radius 2 is 1.65 bits per heavy atom. The van der Waals surface area contributed by atoms with Crippen molar-refractivity contribution in [1.82, 2.24) is 30.2 Å². The van der Waals surface area contributed by atoms with E-state index in [1.165, 1.54) is 7.11 Å². The molecule has 0 aliphatic carbocycles. The van der Waals surface area contributed by atoms with Crippen LogP contribution in [0.3, 0.4) is 0 Å². The molecular weight excluding hydrogens is 504 g/mol. The van der Waals surface area contributed by atoms with Crippen LogP contribution in [0, 0.1) is 17.8 Å². The number of H-pyrrole nitrogens is 2. The lowest BCUT2D eigenvalue weighted by molar-refractivity contribution is -0.135. The average Bonchev–Trinajstić information content (AvgIpc) is 3.77. The second kappa shape index (κ2) is 11.9. The van der Waals surface area contributed by atoms with Gasteiger partial charge in [-0.15, -0.1) is 0 Å². The number of aromatic amines is 2. The highest BCUT2D eigenvalue weighted by molar-refractivity contribution is 5.86. The molecule has 2 aromatic heterocycles. The number of nitrogens with one attached hydrogen (secondary N) is 3. The molecule has 3 N–H and O–H groups in total. The molecule has 0 spiro atoms. The van der Waals surface area contributed by atoms with E-state index >= 15 is 0 Å². The van der Waals surface area contributed by atoms with Gasteiger partial charge < -0.3 is 24.9 Å². The standard InChI is InChI=1S/C31H32N6O3/c1-20(2)28(36-31(39)40-3)30(38)37-16-4-5-27(37)29-33-18-26(35-29)24-14-10-22(11-15-24)7-6-21-8-12-23(13-9-21)25-17-32-19-34-25/h8-15,17-20,27-28H,4-5,16H2,1-3H3,(H,32,34)(H,33,35)(H,36,39). The molecule has 2 amide bonds. The summed E-state index contributed by atoms with van der Waals surface area (Å²) < 4.78 is 4.72. The van der Waals surface area contributed by atoms with Gasteiger partial charge in [-0.1, -0.05) is 50.0 Å².